The highest BCUT2D eigenvalue weighted by Crippen LogP contribution is 2.31. The second-order valence-corrected chi connectivity index (χ2v) is 3.82. The molecule has 1 aromatic heterocycles. The Kier molecular flexibility index (Phi) is 1.86. The van der Waals surface area contributed by atoms with Crippen LogP contribution in [-0.4, -0.2) is 6.61 Å². The normalized spacial score (nSPS) is 13.6. The molecule has 2 heterocycles. The highest BCUT2D eigenvalue weighted by molar-refractivity contribution is 5.90. The van der Waals surface area contributed by atoms with Gasteiger partial charge < -0.3 is 9.15 Å². The van der Waals surface area contributed by atoms with Crippen molar-refractivity contribution in [1.29, 1.82) is 0 Å². The van der Waals surface area contributed by atoms with Gasteiger partial charge in [0, 0.05) is 11.5 Å². The molecule has 0 fully saturated rings. The van der Waals surface area contributed by atoms with Crippen LogP contribution in [0.3, 0.4) is 0 Å². The molecule has 0 spiro atoms. The molecular weight excluding hydrogens is 204 g/mol. The number of hydrogen-bond acceptors (Lipinski definition) is 3. The molecule has 0 N–H and O–H groups in total. The molecule has 0 saturated carbocycles. The Labute approximate surface area is 92.0 Å². The van der Waals surface area contributed by atoms with E-state index in [-0.39, 0.29) is 5.63 Å². The van der Waals surface area contributed by atoms with Gasteiger partial charge in [-0.25, -0.2) is 4.79 Å². The van der Waals surface area contributed by atoms with E-state index < -0.39 is 0 Å². The van der Waals surface area contributed by atoms with Crippen LogP contribution in [-0.2, 0) is 0 Å². The predicted molar refractivity (Wildman–Crippen MR) is 61.8 cm³/mol. The number of rotatable bonds is 0. The lowest BCUT2D eigenvalue weighted by atomic mass is 10.0. The van der Waals surface area contributed by atoms with Crippen LogP contribution in [0.2, 0.25) is 0 Å². The van der Waals surface area contributed by atoms with Crippen LogP contribution in [0.25, 0.3) is 17.0 Å². The molecule has 0 atom stereocenters. The average molecular weight is 214 g/mol. The monoisotopic (exact) mass is 214 g/mol. The molecule has 1 aliphatic heterocycles. The third-order valence-electron chi connectivity index (χ3n) is 2.74. The van der Waals surface area contributed by atoms with E-state index in [0.717, 1.165) is 22.3 Å². The molecule has 0 saturated heterocycles. The van der Waals surface area contributed by atoms with Gasteiger partial charge in [-0.05, 0) is 36.8 Å². The van der Waals surface area contributed by atoms with Gasteiger partial charge in [0.25, 0.3) is 0 Å². The summed E-state index contributed by atoms with van der Waals surface area (Å²) in [5.41, 5.74) is 2.06. The van der Waals surface area contributed by atoms with Crippen molar-refractivity contribution in [2.45, 2.75) is 6.92 Å². The Hall–Kier alpha value is -2.03. The van der Waals surface area contributed by atoms with Gasteiger partial charge >= 0.3 is 5.63 Å². The predicted octanol–water partition coefficient (Wildman–Crippen LogP) is 2.51. The minimum absolute atomic E-state index is 0.322. The zero-order valence-corrected chi connectivity index (χ0v) is 8.82. The summed E-state index contributed by atoms with van der Waals surface area (Å²) in [5.74, 6) is 0.767. The molecule has 1 aromatic carbocycles. The van der Waals surface area contributed by atoms with Crippen molar-refractivity contribution in [2.75, 3.05) is 6.61 Å². The Balaban J connectivity index is 2.49. The number of aryl methyl sites for hydroxylation is 1. The van der Waals surface area contributed by atoms with Crippen LogP contribution in [0.4, 0.5) is 0 Å². The zero-order valence-electron chi connectivity index (χ0n) is 8.82. The quantitative estimate of drug-likeness (QED) is 0.632. The van der Waals surface area contributed by atoms with Gasteiger partial charge in [-0.15, -0.1) is 0 Å². The van der Waals surface area contributed by atoms with E-state index >= 15 is 0 Å². The lowest BCUT2D eigenvalue weighted by molar-refractivity contribution is 0.358. The van der Waals surface area contributed by atoms with Crippen molar-refractivity contribution in [3.8, 4) is 5.75 Å². The summed E-state index contributed by atoms with van der Waals surface area (Å²) in [7, 11) is 0. The van der Waals surface area contributed by atoms with Crippen LogP contribution in [0, 0.1) is 6.92 Å². The molecular formula is C13H10O3. The Morgan fingerprint density at radius 2 is 2.19 bits per heavy atom. The van der Waals surface area contributed by atoms with Gasteiger partial charge in [-0.1, -0.05) is 0 Å². The SMILES string of the molecule is Cc1cc(=O)oc2c3c(ccc12)OCC=C3. The highest BCUT2D eigenvalue weighted by atomic mass is 16.5. The highest BCUT2D eigenvalue weighted by Gasteiger charge is 2.13. The first-order valence-electron chi connectivity index (χ1n) is 5.12. The van der Waals surface area contributed by atoms with E-state index in [4.69, 9.17) is 9.15 Å². The Morgan fingerprint density at radius 3 is 3.06 bits per heavy atom. The van der Waals surface area contributed by atoms with Crippen LogP contribution >= 0.6 is 0 Å². The summed E-state index contributed by atoms with van der Waals surface area (Å²) in [6.07, 6.45) is 3.84. The minimum Gasteiger partial charge on any atom is -0.489 e. The van der Waals surface area contributed by atoms with E-state index in [1.807, 2.05) is 31.2 Å². The van der Waals surface area contributed by atoms with Crippen LogP contribution in [0.5, 0.6) is 5.75 Å². The first-order chi connectivity index (χ1) is 7.75. The molecule has 16 heavy (non-hydrogen) atoms. The smallest absolute Gasteiger partial charge is 0.336 e. The standard InChI is InChI=1S/C13H10O3/c1-8-7-12(14)16-13-9(8)4-5-11-10(13)3-2-6-15-11/h2-5,7H,6H2,1H3. The van der Waals surface area contributed by atoms with E-state index in [0.29, 0.717) is 12.2 Å². The van der Waals surface area contributed by atoms with E-state index in [1.54, 1.807) is 0 Å². The van der Waals surface area contributed by atoms with Gasteiger partial charge in [0.1, 0.15) is 17.9 Å². The molecule has 80 valence electrons. The van der Waals surface area contributed by atoms with Crippen molar-refractivity contribution in [2.24, 2.45) is 0 Å². The fourth-order valence-electron chi connectivity index (χ4n) is 1.97. The molecule has 0 bridgehead atoms. The second-order valence-electron chi connectivity index (χ2n) is 3.82. The molecule has 0 unspecified atom stereocenters. The lowest BCUT2D eigenvalue weighted by Gasteiger charge is -2.13. The van der Waals surface area contributed by atoms with Crippen LogP contribution < -0.4 is 10.4 Å². The van der Waals surface area contributed by atoms with Gasteiger partial charge in [0.2, 0.25) is 0 Å². The zero-order chi connectivity index (χ0) is 11.1. The second kappa shape index (κ2) is 3.23. The third-order valence-corrected chi connectivity index (χ3v) is 2.74. The van der Waals surface area contributed by atoms with Gasteiger partial charge in [0.15, 0.2) is 0 Å². The summed E-state index contributed by atoms with van der Waals surface area (Å²) < 4.78 is 10.7. The number of fused-ring (bicyclic) bond motifs is 3. The Bertz CT molecular complexity index is 650. The Morgan fingerprint density at radius 1 is 1.31 bits per heavy atom. The first-order valence-corrected chi connectivity index (χ1v) is 5.12. The molecule has 1 aliphatic rings. The van der Waals surface area contributed by atoms with Gasteiger partial charge in [0.05, 0.1) is 5.56 Å². The molecule has 0 aliphatic carbocycles. The van der Waals surface area contributed by atoms with Crippen molar-refractivity contribution < 1.29 is 9.15 Å². The van der Waals surface area contributed by atoms with E-state index in [2.05, 4.69) is 0 Å². The fraction of sp³-hybridized carbons (Fsp3) is 0.154. The van der Waals surface area contributed by atoms with Crippen molar-refractivity contribution in [3.05, 3.63) is 45.8 Å². The molecule has 0 radical (unpaired) electrons. The van der Waals surface area contributed by atoms with E-state index in [9.17, 15) is 4.79 Å². The molecule has 3 rings (SSSR count). The summed E-state index contributed by atoms with van der Waals surface area (Å²) in [5, 5.41) is 0.952. The maximum Gasteiger partial charge on any atom is 0.336 e. The minimum atomic E-state index is -0.322. The summed E-state index contributed by atoms with van der Waals surface area (Å²) in [4.78, 5) is 11.4. The van der Waals surface area contributed by atoms with E-state index in [1.165, 1.54) is 6.07 Å². The molecule has 3 heteroatoms. The largest absolute Gasteiger partial charge is 0.489 e. The summed E-state index contributed by atoms with van der Waals surface area (Å²) >= 11 is 0. The fourth-order valence-corrected chi connectivity index (χ4v) is 1.97. The molecule has 0 amide bonds. The molecule has 3 nitrogen and oxygen atoms in total. The molecule has 2 aromatic rings. The van der Waals surface area contributed by atoms with Crippen LogP contribution in [0.15, 0.2) is 33.5 Å². The lowest BCUT2D eigenvalue weighted by Crippen LogP contribution is -2.03. The van der Waals surface area contributed by atoms with Crippen molar-refractivity contribution in [1.82, 2.24) is 0 Å². The maximum absolute atomic E-state index is 11.4. The van der Waals surface area contributed by atoms with Gasteiger partial charge in [-0.3, -0.25) is 0 Å². The topological polar surface area (TPSA) is 39.4 Å². The number of ether oxygens (including phenoxy) is 1. The summed E-state index contributed by atoms with van der Waals surface area (Å²) in [6.45, 7) is 2.47. The van der Waals surface area contributed by atoms with Crippen LogP contribution in [0.1, 0.15) is 11.1 Å². The first kappa shape index (κ1) is 9.21. The van der Waals surface area contributed by atoms with Crippen molar-refractivity contribution >= 4 is 17.0 Å². The third kappa shape index (κ3) is 1.25. The number of hydrogen-bond donors (Lipinski definition) is 0. The summed E-state index contributed by atoms with van der Waals surface area (Å²) in [6, 6.07) is 5.34. The maximum atomic E-state index is 11.4. The average Bonchev–Trinajstić information content (AvgIpc) is 2.28. The number of benzene rings is 1. The van der Waals surface area contributed by atoms with Gasteiger partial charge in [-0.2, -0.15) is 0 Å². The van der Waals surface area contributed by atoms with Crippen molar-refractivity contribution in [3.63, 3.8) is 0 Å².